The van der Waals surface area contributed by atoms with Gasteiger partial charge in [0, 0.05) is 11.6 Å². The van der Waals surface area contributed by atoms with Crippen molar-refractivity contribution < 1.29 is 65.9 Å². The van der Waals surface area contributed by atoms with Crippen molar-refractivity contribution in [1.82, 2.24) is 0 Å². The Balaban J connectivity index is 0. The first-order valence-electron chi connectivity index (χ1n) is 5.69. The zero-order chi connectivity index (χ0) is 21.8. The van der Waals surface area contributed by atoms with Crippen molar-refractivity contribution in [2.75, 3.05) is 0 Å². The second-order valence-electron chi connectivity index (χ2n) is 4.38. The maximum absolute atomic E-state index is 12.1. The van der Waals surface area contributed by atoms with E-state index >= 15 is 0 Å². The molecule has 156 valence electrons. The van der Waals surface area contributed by atoms with Crippen LogP contribution in [0.1, 0.15) is 13.3 Å². The number of alkyl halides is 14. The first-order valence-corrected chi connectivity index (χ1v) is 5.69. The molecule has 0 bridgehead atoms. The van der Waals surface area contributed by atoms with Crippen LogP contribution in [0.3, 0.4) is 0 Å². The normalized spacial score (nSPS) is 15.5. The standard InChI is InChI=1S/C6H3F9.C5H4F6/c7-2-3(5(10,11)12)1-4(8,9)6(13,14)15;1-3(5(9,10)11)2-4(6,7)8/h2H,1H2;2H,1H3/b3-2+;3-2-. The Labute approximate surface area is 134 Å². The molecule has 0 aromatic heterocycles. The van der Waals surface area contributed by atoms with E-state index in [2.05, 4.69) is 0 Å². The molecule has 0 fully saturated rings. The van der Waals surface area contributed by atoms with Gasteiger partial charge >= 0.3 is 30.6 Å². The van der Waals surface area contributed by atoms with E-state index in [4.69, 9.17) is 0 Å². The van der Waals surface area contributed by atoms with Crippen LogP contribution < -0.4 is 0 Å². The second kappa shape index (κ2) is 8.41. The van der Waals surface area contributed by atoms with Gasteiger partial charge in [-0.05, 0) is 6.92 Å². The maximum atomic E-state index is 12.1. The van der Waals surface area contributed by atoms with Gasteiger partial charge in [-0.15, -0.1) is 0 Å². The molecule has 0 aromatic rings. The Morgan fingerprint density at radius 2 is 1.08 bits per heavy atom. The lowest BCUT2D eigenvalue weighted by Gasteiger charge is -2.21. The van der Waals surface area contributed by atoms with Crippen LogP contribution >= 0.6 is 0 Å². The molecular weight excluding hydrogens is 417 g/mol. The predicted molar refractivity (Wildman–Crippen MR) is 56.7 cm³/mol. The zero-order valence-electron chi connectivity index (χ0n) is 12.0. The van der Waals surface area contributed by atoms with Crippen LogP contribution in [0.2, 0.25) is 0 Å². The Hall–Kier alpha value is -1.57. The van der Waals surface area contributed by atoms with Gasteiger partial charge in [0.15, 0.2) is 0 Å². The minimum absolute atomic E-state index is 0.369. The molecule has 0 aliphatic heterocycles. The Kier molecular flexibility index (Phi) is 8.63. The summed E-state index contributed by atoms with van der Waals surface area (Å²) < 4.78 is 173. The molecule has 0 spiro atoms. The summed E-state index contributed by atoms with van der Waals surface area (Å²) in [7, 11) is 0. The monoisotopic (exact) mass is 424 g/mol. The van der Waals surface area contributed by atoms with Crippen LogP contribution in [0, 0.1) is 0 Å². The summed E-state index contributed by atoms with van der Waals surface area (Å²) in [5.41, 5.74) is -4.21. The summed E-state index contributed by atoms with van der Waals surface area (Å²) in [6.45, 7) is 0.369. The average molecular weight is 424 g/mol. The highest BCUT2D eigenvalue weighted by Crippen LogP contribution is 2.43. The van der Waals surface area contributed by atoms with Crippen molar-refractivity contribution in [1.29, 1.82) is 0 Å². The van der Waals surface area contributed by atoms with E-state index in [-0.39, 0.29) is 0 Å². The fourth-order valence-corrected chi connectivity index (χ4v) is 0.867. The fraction of sp³-hybridized carbons (Fsp3) is 0.636. The van der Waals surface area contributed by atoms with Crippen molar-refractivity contribution in [3.63, 3.8) is 0 Å². The fourth-order valence-electron chi connectivity index (χ4n) is 0.867. The van der Waals surface area contributed by atoms with Crippen LogP contribution in [0.4, 0.5) is 65.9 Å². The average Bonchev–Trinajstić information content (AvgIpc) is 2.30. The lowest BCUT2D eigenvalue weighted by atomic mass is 10.1. The number of halogens is 15. The molecule has 0 rings (SSSR count). The third-order valence-corrected chi connectivity index (χ3v) is 2.15. The maximum Gasteiger partial charge on any atom is 0.453 e. The highest BCUT2D eigenvalue weighted by atomic mass is 19.4. The van der Waals surface area contributed by atoms with Crippen molar-refractivity contribution in [2.45, 2.75) is 44.0 Å². The van der Waals surface area contributed by atoms with Crippen LogP contribution in [-0.4, -0.2) is 30.6 Å². The summed E-state index contributed by atoms with van der Waals surface area (Å²) in [5.74, 6) is -5.61. The first kappa shape index (κ1) is 26.7. The molecule has 0 N–H and O–H groups in total. The van der Waals surface area contributed by atoms with E-state index in [0.717, 1.165) is 0 Å². The molecule has 0 radical (unpaired) electrons. The number of rotatable bonds is 2. The molecule has 0 atom stereocenters. The van der Waals surface area contributed by atoms with Gasteiger partial charge in [-0.3, -0.25) is 0 Å². The van der Waals surface area contributed by atoms with E-state index in [1.54, 1.807) is 0 Å². The van der Waals surface area contributed by atoms with E-state index in [1.807, 2.05) is 0 Å². The molecule has 0 aromatic carbocycles. The summed E-state index contributed by atoms with van der Waals surface area (Å²) in [6, 6.07) is 0. The lowest BCUT2D eigenvalue weighted by Crippen LogP contribution is -2.38. The van der Waals surface area contributed by atoms with Gasteiger partial charge in [0.05, 0.1) is 18.3 Å². The van der Waals surface area contributed by atoms with Crippen LogP contribution in [0.15, 0.2) is 23.6 Å². The van der Waals surface area contributed by atoms with Crippen LogP contribution in [0.5, 0.6) is 0 Å². The van der Waals surface area contributed by atoms with Crippen molar-refractivity contribution in [3.05, 3.63) is 23.6 Å². The van der Waals surface area contributed by atoms with Gasteiger partial charge in [-0.2, -0.15) is 61.5 Å². The number of allylic oxidation sites excluding steroid dienone is 3. The van der Waals surface area contributed by atoms with Crippen molar-refractivity contribution >= 4 is 0 Å². The molecule has 0 unspecified atom stereocenters. The van der Waals surface area contributed by atoms with E-state index < -0.39 is 60.6 Å². The molecule has 0 heterocycles. The predicted octanol–water partition coefficient (Wildman–Crippen LogP) is 7.05. The summed E-state index contributed by atoms with van der Waals surface area (Å²) in [5, 5.41) is 0. The van der Waals surface area contributed by atoms with Crippen LogP contribution in [0.25, 0.3) is 0 Å². The lowest BCUT2D eigenvalue weighted by molar-refractivity contribution is -0.284. The summed E-state index contributed by atoms with van der Waals surface area (Å²) in [6.07, 6.45) is -26.3. The van der Waals surface area contributed by atoms with Gasteiger partial charge in [0.25, 0.3) is 0 Å². The zero-order valence-corrected chi connectivity index (χ0v) is 12.0. The number of hydrogen-bond acceptors (Lipinski definition) is 0. The van der Waals surface area contributed by atoms with E-state index in [1.165, 1.54) is 0 Å². The molecule has 0 saturated heterocycles. The molecule has 26 heavy (non-hydrogen) atoms. The van der Waals surface area contributed by atoms with E-state index in [9.17, 15) is 65.9 Å². The minimum atomic E-state index is -6.15. The van der Waals surface area contributed by atoms with Gasteiger partial charge < -0.3 is 0 Å². The SMILES string of the molecule is C/C(=C/C(F)(F)F)C(F)(F)F.F/C=C(\CC(F)(F)C(F)(F)F)C(F)(F)F. The molecule has 0 aliphatic carbocycles. The molecule has 0 amide bonds. The molecule has 15 heteroatoms. The second-order valence-corrected chi connectivity index (χ2v) is 4.38. The Morgan fingerprint density at radius 3 is 1.23 bits per heavy atom. The van der Waals surface area contributed by atoms with Crippen molar-refractivity contribution in [2.24, 2.45) is 0 Å². The first-order chi connectivity index (χ1) is 11.0. The molecule has 0 saturated carbocycles. The largest absolute Gasteiger partial charge is 0.453 e. The smallest absolute Gasteiger partial charge is 0.215 e. The third kappa shape index (κ3) is 10.4. The van der Waals surface area contributed by atoms with E-state index in [0.29, 0.717) is 6.92 Å². The highest BCUT2D eigenvalue weighted by Gasteiger charge is 2.59. The van der Waals surface area contributed by atoms with Crippen LogP contribution in [-0.2, 0) is 0 Å². The third-order valence-electron chi connectivity index (χ3n) is 2.15. The highest BCUT2D eigenvalue weighted by molar-refractivity contribution is 5.09. The number of hydrogen-bond donors (Lipinski definition) is 0. The van der Waals surface area contributed by atoms with Gasteiger partial charge in [0.2, 0.25) is 0 Å². The van der Waals surface area contributed by atoms with Gasteiger partial charge in [-0.25, -0.2) is 4.39 Å². The van der Waals surface area contributed by atoms with Crippen molar-refractivity contribution in [3.8, 4) is 0 Å². The Morgan fingerprint density at radius 1 is 0.692 bits per heavy atom. The molecule has 0 nitrogen and oxygen atoms in total. The Bertz CT molecular complexity index is 494. The molecule has 0 aliphatic rings. The topological polar surface area (TPSA) is 0 Å². The summed E-state index contributed by atoms with van der Waals surface area (Å²) >= 11 is 0. The van der Waals surface area contributed by atoms with Gasteiger partial charge in [0.1, 0.15) is 0 Å². The quantitative estimate of drug-likeness (QED) is 0.329. The van der Waals surface area contributed by atoms with Gasteiger partial charge in [-0.1, -0.05) is 0 Å². The summed E-state index contributed by atoms with van der Waals surface area (Å²) in [4.78, 5) is 0. The minimum Gasteiger partial charge on any atom is -0.215 e. The molecular formula is C11H7F15.